The number of nitrogens with one attached hydrogen (secondary N) is 2. The third-order valence-corrected chi connectivity index (χ3v) is 3.16. The Morgan fingerprint density at radius 3 is 2.75 bits per heavy atom. The van der Waals surface area contributed by atoms with Crippen LogP contribution in [0, 0.1) is 0 Å². The van der Waals surface area contributed by atoms with Gasteiger partial charge in [-0.25, -0.2) is 5.43 Å². The lowest BCUT2D eigenvalue weighted by atomic mass is 9.89. The summed E-state index contributed by atoms with van der Waals surface area (Å²) in [6.07, 6.45) is 0.992. The van der Waals surface area contributed by atoms with Crippen LogP contribution in [0.5, 0.6) is 0 Å². The van der Waals surface area contributed by atoms with Crippen LogP contribution < -0.4 is 16.6 Å². The number of rotatable bonds is 2. The van der Waals surface area contributed by atoms with E-state index in [4.69, 9.17) is 17.3 Å². The Balaban J connectivity index is 0.00000128. The zero-order chi connectivity index (χ0) is 10.8. The average Bonchev–Trinajstić information content (AvgIpc) is 2.59. The van der Waals surface area contributed by atoms with E-state index in [1.165, 1.54) is 5.56 Å². The van der Waals surface area contributed by atoms with E-state index >= 15 is 0 Å². The summed E-state index contributed by atoms with van der Waals surface area (Å²) in [4.78, 5) is 0. The average molecular weight is 262 g/mol. The molecule has 1 aromatic carbocycles. The molecule has 0 spiro atoms. The van der Waals surface area contributed by atoms with Crippen LogP contribution in [-0.4, -0.2) is 12.2 Å². The van der Waals surface area contributed by atoms with Crippen molar-refractivity contribution in [1.29, 1.82) is 0 Å². The van der Waals surface area contributed by atoms with Crippen LogP contribution in [0.25, 0.3) is 0 Å². The second-order valence-corrected chi connectivity index (χ2v) is 4.35. The number of benzene rings is 1. The predicted octanol–water partition coefficient (Wildman–Crippen LogP) is 2.02. The maximum Gasteiger partial charge on any atom is 0.0764 e. The molecule has 1 aliphatic heterocycles. The summed E-state index contributed by atoms with van der Waals surface area (Å²) in [5, 5.41) is 0.765. The molecule has 1 aliphatic rings. The Labute approximate surface area is 107 Å². The Kier molecular flexibility index (Phi) is 5.02. The van der Waals surface area contributed by atoms with Gasteiger partial charge < -0.3 is 5.73 Å². The molecule has 3 unspecified atom stereocenters. The highest BCUT2D eigenvalue weighted by molar-refractivity contribution is 6.30. The van der Waals surface area contributed by atoms with Crippen molar-refractivity contribution in [3.8, 4) is 0 Å². The summed E-state index contributed by atoms with van der Waals surface area (Å²) in [7, 11) is 0. The zero-order valence-corrected chi connectivity index (χ0v) is 10.7. The highest BCUT2D eigenvalue weighted by Gasteiger charge is 2.33. The van der Waals surface area contributed by atoms with Crippen LogP contribution in [0.2, 0.25) is 5.02 Å². The highest BCUT2D eigenvalue weighted by Crippen LogP contribution is 2.28. The Hall–Kier alpha value is -0.320. The van der Waals surface area contributed by atoms with Crippen LogP contribution in [0.1, 0.15) is 24.8 Å². The molecule has 4 N–H and O–H groups in total. The van der Waals surface area contributed by atoms with E-state index in [0.29, 0.717) is 6.04 Å². The Morgan fingerprint density at radius 1 is 1.38 bits per heavy atom. The fourth-order valence-electron chi connectivity index (χ4n) is 2.14. The van der Waals surface area contributed by atoms with Crippen molar-refractivity contribution in [2.24, 2.45) is 5.73 Å². The van der Waals surface area contributed by atoms with Crippen molar-refractivity contribution in [3.05, 3.63) is 34.9 Å². The molecular formula is C11H17Cl2N3. The molecule has 1 saturated heterocycles. The number of nitrogens with two attached hydrogens (primary N) is 1. The summed E-state index contributed by atoms with van der Waals surface area (Å²) in [6.45, 7) is 2.15. The zero-order valence-electron chi connectivity index (χ0n) is 9.11. The standard InChI is InChI=1S/C11H16ClN3.ClH/c1-2-9-10(11(13)15-14-9)7-4-3-5-8(12)6-7;/h3-6,9-11,14-15H,2,13H2,1H3;1H. The summed E-state index contributed by atoms with van der Waals surface area (Å²) in [5.41, 5.74) is 13.5. The van der Waals surface area contributed by atoms with Gasteiger partial charge in [0.25, 0.3) is 0 Å². The van der Waals surface area contributed by atoms with E-state index < -0.39 is 0 Å². The smallest absolute Gasteiger partial charge is 0.0764 e. The van der Waals surface area contributed by atoms with Crippen LogP contribution >= 0.6 is 24.0 Å². The maximum absolute atomic E-state index is 6.01. The quantitative estimate of drug-likeness (QED) is 0.764. The molecule has 3 nitrogen and oxygen atoms in total. The third-order valence-electron chi connectivity index (χ3n) is 2.93. The van der Waals surface area contributed by atoms with Gasteiger partial charge in [-0.2, -0.15) is 0 Å². The number of hydrogen-bond acceptors (Lipinski definition) is 3. The van der Waals surface area contributed by atoms with Gasteiger partial charge in [0.2, 0.25) is 0 Å². The second kappa shape index (κ2) is 5.84. The first-order valence-corrected chi connectivity index (χ1v) is 5.62. The van der Waals surface area contributed by atoms with E-state index in [1.807, 2.05) is 18.2 Å². The first-order chi connectivity index (χ1) is 7.22. The lowest BCUT2D eigenvalue weighted by molar-refractivity contribution is 0.511. The number of halogens is 2. The number of hydrazine groups is 1. The lowest BCUT2D eigenvalue weighted by Gasteiger charge is -2.20. The lowest BCUT2D eigenvalue weighted by Crippen LogP contribution is -2.38. The van der Waals surface area contributed by atoms with Gasteiger partial charge in [0.15, 0.2) is 0 Å². The molecule has 1 heterocycles. The highest BCUT2D eigenvalue weighted by atomic mass is 35.5. The minimum atomic E-state index is -0.0478. The van der Waals surface area contributed by atoms with Crippen molar-refractivity contribution in [3.63, 3.8) is 0 Å². The molecule has 0 radical (unpaired) electrons. The molecule has 0 aliphatic carbocycles. The van der Waals surface area contributed by atoms with Gasteiger partial charge in [-0.15, -0.1) is 12.4 Å². The molecule has 90 valence electrons. The van der Waals surface area contributed by atoms with Gasteiger partial charge >= 0.3 is 0 Å². The molecule has 0 saturated carbocycles. The fourth-order valence-corrected chi connectivity index (χ4v) is 2.34. The minimum Gasteiger partial charge on any atom is -0.314 e. The topological polar surface area (TPSA) is 50.1 Å². The molecule has 16 heavy (non-hydrogen) atoms. The first kappa shape index (κ1) is 13.7. The fraction of sp³-hybridized carbons (Fsp3) is 0.455. The Bertz CT molecular complexity index is 346. The van der Waals surface area contributed by atoms with Crippen LogP contribution in [0.3, 0.4) is 0 Å². The van der Waals surface area contributed by atoms with E-state index in [-0.39, 0.29) is 24.5 Å². The van der Waals surface area contributed by atoms with Crippen LogP contribution in [0.15, 0.2) is 24.3 Å². The molecular weight excluding hydrogens is 245 g/mol. The summed E-state index contributed by atoms with van der Waals surface area (Å²) in [6, 6.07) is 8.29. The van der Waals surface area contributed by atoms with Gasteiger partial charge in [-0.05, 0) is 24.1 Å². The summed E-state index contributed by atoms with van der Waals surface area (Å²) in [5.74, 6) is 0.286. The largest absolute Gasteiger partial charge is 0.314 e. The maximum atomic E-state index is 6.01. The van der Waals surface area contributed by atoms with Crippen molar-refractivity contribution in [1.82, 2.24) is 10.9 Å². The van der Waals surface area contributed by atoms with E-state index in [2.05, 4.69) is 23.8 Å². The summed E-state index contributed by atoms with van der Waals surface area (Å²) >= 11 is 5.98. The molecule has 5 heteroatoms. The van der Waals surface area contributed by atoms with E-state index in [0.717, 1.165) is 11.4 Å². The first-order valence-electron chi connectivity index (χ1n) is 5.24. The van der Waals surface area contributed by atoms with E-state index in [9.17, 15) is 0 Å². The molecule has 0 amide bonds. The molecule has 0 bridgehead atoms. The monoisotopic (exact) mass is 261 g/mol. The Morgan fingerprint density at radius 2 is 2.12 bits per heavy atom. The SMILES string of the molecule is CCC1NNC(N)C1c1cccc(Cl)c1.Cl. The molecule has 2 rings (SSSR count). The van der Waals surface area contributed by atoms with Crippen molar-refractivity contribution in [2.75, 3.05) is 0 Å². The molecule has 1 aromatic rings. The second-order valence-electron chi connectivity index (χ2n) is 3.91. The minimum absolute atomic E-state index is 0. The summed E-state index contributed by atoms with van der Waals surface area (Å²) < 4.78 is 0. The molecule has 0 aromatic heterocycles. The predicted molar refractivity (Wildman–Crippen MR) is 69.8 cm³/mol. The van der Waals surface area contributed by atoms with Gasteiger partial charge in [-0.3, -0.25) is 5.43 Å². The van der Waals surface area contributed by atoms with Gasteiger partial charge in [0.1, 0.15) is 0 Å². The van der Waals surface area contributed by atoms with Crippen molar-refractivity contribution < 1.29 is 0 Å². The van der Waals surface area contributed by atoms with E-state index in [1.54, 1.807) is 0 Å². The third kappa shape index (κ3) is 2.67. The van der Waals surface area contributed by atoms with Gasteiger partial charge in [0.05, 0.1) is 6.17 Å². The van der Waals surface area contributed by atoms with Gasteiger partial charge in [-0.1, -0.05) is 30.7 Å². The molecule has 1 fully saturated rings. The number of hydrogen-bond donors (Lipinski definition) is 3. The molecule has 3 atom stereocenters. The van der Waals surface area contributed by atoms with Crippen molar-refractivity contribution in [2.45, 2.75) is 31.5 Å². The van der Waals surface area contributed by atoms with Crippen LogP contribution in [0.4, 0.5) is 0 Å². The van der Waals surface area contributed by atoms with Crippen molar-refractivity contribution >= 4 is 24.0 Å². The normalized spacial score (nSPS) is 28.8. The van der Waals surface area contributed by atoms with Crippen LogP contribution in [-0.2, 0) is 0 Å². The van der Waals surface area contributed by atoms with Gasteiger partial charge in [0, 0.05) is 17.0 Å².